The van der Waals surface area contributed by atoms with Gasteiger partial charge in [-0.2, -0.15) is 0 Å². The molecule has 1 aliphatic heterocycles. The van der Waals surface area contributed by atoms with E-state index < -0.39 is 11.9 Å². The summed E-state index contributed by atoms with van der Waals surface area (Å²) in [5.74, 6) is -1.18. The highest BCUT2D eigenvalue weighted by atomic mass is 16.5. The highest BCUT2D eigenvalue weighted by molar-refractivity contribution is 6.02. The molecule has 7 heteroatoms. The third-order valence-electron chi connectivity index (χ3n) is 4.82. The number of rotatable bonds is 7. The Morgan fingerprint density at radius 1 is 0.966 bits per heavy atom. The number of ether oxygens (including phenoxy) is 2. The number of nitrogens with zero attached hydrogens (tertiary/aromatic N) is 3. The van der Waals surface area contributed by atoms with Crippen LogP contribution in [0.5, 0.6) is 0 Å². The second kappa shape index (κ2) is 10.0. The molecule has 154 valence electrons. The van der Waals surface area contributed by atoms with Gasteiger partial charge >= 0.3 is 11.9 Å². The van der Waals surface area contributed by atoms with Crippen LogP contribution in [0.1, 0.15) is 40.3 Å². The van der Waals surface area contributed by atoms with Crippen molar-refractivity contribution in [1.29, 1.82) is 0 Å². The SMILES string of the molecule is CCOC(=O)c1cc(N2CCN(Cc3ccccc3)CC2)cnc1C(=O)OCC. The number of hydrogen-bond acceptors (Lipinski definition) is 7. The lowest BCUT2D eigenvalue weighted by Crippen LogP contribution is -2.46. The lowest BCUT2D eigenvalue weighted by atomic mass is 10.1. The Balaban J connectivity index is 1.71. The zero-order valence-electron chi connectivity index (χ0n) is 17.0. The molecule has 0 atom stereocenters. The molecule has 0 radical (unpaired) electrons. The normalized spacial score (nSPS) is 14.5. The second-order valence-corrected chi connectivity index (χ2v) is 6.78. The fourth-order valence-corrected chi connectivity index (χ4v) is 3.36. The van der Waals surface area contributed by atoms with Crippen molar-refractivity contribution in [2.45, 2.75) is 20.4 Å². The minimum absolute atomic E-state index is 0.00300. The Morgan fingerprint density at radius 2 is 1.62 bits per heavy atom. The maximum Gasteiger partial charge on any atom is 0.357 e. The number of carbonyl (C=O) groups excluding carboxylic acids is 2. The van der Waals surface area contributed by atoms with E-state index in [0.29, 0.717) is 0 Å². The van der Waals surface area contributed by atoms with Gasteiger partial charge < -0.3 is 14.4 Å². The fourth-order valence-electron chi connectivity index (χ4n) is 3.36. The van der Waals surface area contributed by atoms with Crippen molar-refractivity contribution >= 4 is 17.6 Å². The van der Waals surface area contributed by atoms with Gasteiger partial charge in [0.05, 0.1) is 30.7 Å². The van der Waals surface area contributed by atoms with E-state index in [0.717, 1.165) is 38.4 Å². The molecule has 0 spiro atoms. The summed E-state index contributed by atoms with van der Waals surface area (Å²) in [6.45, 7) is 8.24. The maximum atomic E-state index is 12.4. The van der Waals surface area contributed by atoms with Crippen LogP contribution in [0.2, 0.25) is 0 Å². The van der Waals surface area contributed by atoms with E-state index in [4.69, 9.17) is 9.47 Å². The van der Waals surface area contributed by atoms with E-state index in [-0.39, 0.29) is 24.5 Å². The van der Waals surface area contributed by atoms with Crippen molar-refractivity contribution in [2.24, 2.45) is 0 Å². The average molecular weight is 397 g/mol. The first-order chi connectivity index (χ1) is 14.1. The third-order valence-corrected chi connectivity index (χ3v) is 4.82. The van der Waals surface area contributed by atoms with Gasteiger partial charge in [-0.15, -0.1) is 0 Å². The molecule has 1 aromatic carbocycles. The molecule has 0 amide bonds. The molecule has 0 bridgehead atoms. The summed E-state index contributed by atoms with van der Waals surface area (Å²) in [7, 11) is 0. The van der Waals surface area contributed by atoms with Crippen LogP contribution in [0.25, 0.3) is 0 Å². The number of anilines is 1. The van der Waals surface area contributed by atoms with E-state index in [1.165, 1.54) is 5.56 Å². The lowest BCUT2D eigenvalue weighted by molar-refractivity contribution is 0.0473. The molecule has 2 heterocycles. The summed E-state index contributed by atoms with van der Waals surface area (Å²) in [6.07, 6.45) is 1.63. The number of hydrogen-bond donors (Lipinski definition) is 0. The molecule has 0 aliphatic carbocycles. The average Bonchev–Trinajstić information content (AvgIpc) is 2.75. The van der Waals surface area contributed by atoms with Crippen LogP contribution in [0, 0.1) is 0 Å². The molecule has 29 heavy (non-hydrogen) atoms. The number of aromatic nitrogens is 1. The molecule has 1 fully saturated rings. The zero-order valence-corrected chi connectivity index (χ0v) is 17.0. The Kier molecular flexibility index (Phi) is 7.19. The van der Waals surface area contributed by atoms with Gasteiger partial charge in [0.15, 0.2) is 5.69 Å². The second-order valence-electron chi connectivity index (χ2n) is 6.78. The standard InChI is InChI=1S/C22H27N3O4/c1-3-28-21(26)19-14-18(15-23-20(19)22(27)29-4-2)25-12-10-24(11-13-25)16-17-8-6-5-7-9-17/h5-9,14-15H,3-4,10-13,16H2,1-2H3. The Bertz CT molecular complexity index is 833. The van der Waals surface area contributed by atoms with Crippen molar-refractivity contribution in [1.82, 2.24) is 9.88 Å². The smallest absolute Gasteiger partial charge is 0.357 e. The summed E-state index contributed by atoms with van der Waals surface area (Å²) in [6, 6.07) is 12.1. The molecule has 2 aromatic rings. The molecule has 1 aromatic heterocycles. The van der Waals surface area contributed by atoms with E-state index >= 15 is 0 Å². The van der Waals surface area contributed by atoms with Gasteiger partial charge in [-0.25, -0.2) is 14.6 Å². The van der Waals surface area contributed by atoms with Gasteiger partial charge in [-0.1, -0.05) is 30.3 Å². The zero-order chi connectivity index (χ0) is 20.6. The van der Waals surface area contributed by atoms with Crippen LogP contribution < -0.4 is 4.90 Å². The van der Waals surface area contributed by atoms with Gasteiger partial charge in [0, 0.05) is 32.7 Å². The first-order valence-electron chi connectivity index (χ1n) is 9.97. The largest absolute Gasteiger partial charge is 0.462 e. The summed E-state index contributed by atoms with van der Waals surface area (Å²) < 4.78 is 10.1. The van der Waals surface area contributed by atoms with Gasteiger partial charge in [0.25, 0.3) is 0 Å². The first kappa shape index (κ1) is 20.8. The molecule has 7 nitrogen and oxygen atoms in total. The summed E-state index contributed by atoms with van der Waals surface area (Å²) in [5.41, 5.74) is 2.25. The lowest BCUT2D eigenvalue weighted by Gasteiger charge is -2.36. The van der Waals surface area contributed by atoms with Crippen molar-refractivity contribution in [3.8, 4) is 0 Å². The first-order valence-corrected chi connectivity index (χ1v) is 9.97. The quantitative estimate of drug-likeness (QED) is 0.665. The van der Waals surface area contributed by atoms with Crippen LogP contribution in [-0.2, 0) is 16.0 Å². The van der Waals surface area contributed by atoms with Gasteiger partial charge in [-0.3, -0.25) is 4.90 Å². The van der Waals surface area contributed by atoms with E-state index in [9.17, 15) is 9.59 Å². The monoisotopic (exact) mass is 397 g/mol. The summed E-state index contributed by atoms with van der Waals surface area (Å²) in [4.78, 5) is 33.3. The van der Waals surface area contributed by atoms with Crippen molar-refractivity contribution in [3.05, 3.63) is 59.4 Å². The Hall–Kier alpha value is -2.93. The van der Waals surface area contributed by atoms with Crippen LogP contribution in [-0.4, -0.2) is 61.2 Å². The van der Waals surface area contributed by atoms with E-state index in [1.807, 2.05) is 6.07 Å². The number of carbonyl (C=O) groups is 2. The van der Waals surface area contributed by atoms with E-state index in [1.54, 1.807) is 26.1 Å². The predicted molar refractivity (Wildman–Crippen MR) is 110 cm³/mol. The molecule has 1 aliphatic rings. The van der Waals surface area contributed by atoms with Crippen LogP contribution in [0.15, 0.2) is 42.6 Å². The van der Waals surface area contributed by atoms with Crippen molar-refractivity contribution in [3.63, 3.8) is 0 Å². The van der Waals surface area contributed by atoms with E-state index in [2.05, 4.69) is 39.0 Å². The Labute approximate surface area is 171 Å². The number of benzene rings is 1. The van der Waals surface area contributed by atoms with Crippen molar-refractivity contribution < 1.29 is 19.1 Å². The van der Waals surface area contributed by atoms with Gasteiger partial charge in [-0.05, 0) is 25.5 Å². The highest BCUT2D eigenvalue weighted by Crippen LogP contribution is 2.21. The summed E-state index contributed by atoms with van der Waals surface area (Å²) >= 11 is 0. The number of esters is 2. The minimum atomic E-state index is -0.616. The van der Waals surface area contributed by atoms with Crippen LogP contribution in [0.3, 0.4) is 0 Å². The fraction of sp³-hybridized carbons (Fsp3) is 0.409. The number of piperazine rings is 1. The van der Waals surface area contributed by atoms with Crippen LogP contribution >= 0.6 is 0 Å². The predicted octanol–water partition coefficient (Wildman–Crippen LogP) is 2.76. The molecule has 3 rings (SSSR count). The summed E-state index contributed by atoms with van der Waals surface area (Å²) in [5, 5.41) is 0. The van der Waals surface area contributed by atoms with Crippen molar-refractivity contribution in [2.75, 3.05) is 44.3 Å². The minimum Gasteiger partial charge on any atom is -0.462 e. The van der Waals surface area contributed by atoms with Gasteiger partial charge in [0.2, 0.25) is 0 Å². The molecule has 0 unspecified atom stereocenters. The number of pyridine rings is 1. The molecular formula is C22H27N3O4. The molecule has 1 saturated heterocycles. The molecule has 0 saturated carbocycles. The van der Waals surface area contributed by atoms with Crippen LogP contribution in [0.4, 0.5) is 5.69 Å². The van der Waals surface area contributed by atoms with Gasteiger partial charge in [0.1, 0.15) is 0 Å². The maximum absolute atomic E-state index is 12.4. The topological polar surface area (TPSA) is 72.0 Å². The molecular weight excluding hydrogens is 370 g/mol. The highest BCUT2D eigenvalue weighted by Gasteiger charge is 2.24. The molecule has 0 N–H and O–H groups in total. The third kappa shape index (κ3) is 5.32. The Morgan fingerprint density at radius 3 is 2.28 bits per heavy atom.